The van der Waals surface area contributed by atoms with Crippen molar-refractivity contribution in [3.05, 3.63) is 57.2 Å². The van der Waals surface area contributed by atoms with Crippen LogP contribution in [0.2, 0.25) is 0 Å². The summed E-state index contributed by atoms with van der Waals surface area (Å²) in [6.07, 6.45) is -1.49. The molecule has 0 spiro atoms. The van der Waals surface area contributed by atoms with E-state index in [1.807, 2.05) is 13.8 Å². The highest BCUT2D eigenvalue weighted by Gasteiger charge is 2.79. The van der Waals surface area contributed by atoms with Gasteiger partial charge in [-0.15, -0.1) is 0 Å². The summed E-state index contributed by atoms with van der Waals surface area (Å²) < 4.78 is 48.3. The molecule has 196 valence electrons. The Morgan fingerprint density at radius 1 is 1.11 bits per heavy atom. The standard InChI is InChI=1S/C26H28F3N5O3/c1-14-15(2)31-23-20(30-14)21(24-11-25(12-24,13-24)26(27,28)29)32-22(33-23)16-5-8-37-18(9-16)17-3-4-19(36)34(10-17)6-7-35/h3-4,10,16,18,35H,5-9,11-13H2,1-2H3. The predicted molar refractivity (Wildman–Crippen MR) is 127 cm³/mol. The fourth-order valence-corrected chi connectivity index (χ4v) is 6.31. The van der Waals surface area contributed by atoms with E-state index in [0.717, 1.165) is 11.3 Å². The molecule has 8 nitrogen and oxygen atoms in total. The molecular formula is C26H28F3N5O3. The molecule has 1 N–H and O–H groups in total. The first-order valence-corrected chi connectivity index (χ1v) is 12.6. The Labute approximate surface area is 211 Å². The second kappa shape index (κ2) is 8.29. The van der Waals surface area contributed by atoms with Gasteiger partial charge in [-0.2, -0.15) is 13.2 Å². The first-order chi connectivity index (χ1) is 17.5. The van der Waals surface area contributed by atoms with Crippen LogP contribution in [0, 0.1) is 19.3 Å². The Bertz CT molecular complexity index is 1430. The van der Waals surface area contributed by atoms with Gasteiger partial charge in [0.15, 0.2) is 5.65 Å². The van der Waals surface area contributed by atoms with Crippen molar-refractivity contribution in [3.63, 3.8) is 0 Å². The number of fused-ring (bicyclic) bond motifs is 1. The second-order valence-corrected chi connectivity index (χ2v) is 10.9. The number of alkyl halides is 3. The monoisotopic (exact) mass is 515 g/mol. The summed E-state index contributed by atoms with van der Waals surface area (Å²) >= 11 is 0. The maximum atomic E-state index is 13.6. The molecule has 1 aliphatic heterocycles. The molecule has 2 unspecified atom stereocenters. The van der Waals surface area contributed by atoms with Crippen molar-refractivity contribution in [2.45, 2.75) is 76.1 Å². The van der Waals surface area contributed by atoms with Gasteiger partial charge in [-0.1, -0.05) is 0 Å². The Hall–Kier alpha value is -2.92. The van der Waals surface area contributed by atoms with E-state index in [9.17, 15) is 23.1 Å². The summed E-state index contributed by atoms with van der Waals surface area (Å²) in [6.45, 7) is 4.17. The summed E-state index contributed by atoms with van der Waals surface area (Å²) in [5, 5.41) is 9.26. The number of ether oxygens (including phenoxy) is 1. The molecule has 7 rings (SSSR count). The molecule has 11 heteroatoms. The summed E-state index contributed by atoms with van der Waals surface area (Å²) in [7, 11) is 0. The van der Waals surface area contributed by atoms with Crippen LogP contribution >= 0.6 is 0 Å². The van der Waals surface area contributed by atoms with Crippen LogP contribution < -0.4 is 5.56 Å². The van der Waals surface area contributed by atoms with Crippen LogP contribution in [0.25, 0.3) is 11.2 Å². The van der Waals surface area contributed by atoms with Gasteiger partial charge in [0.25, 0.3) is 5.56 Å². The van der Waals surface area contributed by atoms with Crippen LogP contribution in [0.5, 0.6) is 0 Å². The molecule has 0 aromatic carbocycles. The van der Waals surface area contributed by atoms with E-state index in [1.54, 1.807) is 12.3 Å². The lowest BCUT2D eigenvalue weighted by Gasteiger charge is -2.70. The molecule has 3 aromatic heterocycles. The number of aliphatic hydroxyl groups excluding tert-OH is 1. The molecule has 1 saturated heterocycles. The maximum absolute atomic E-state index is 13.6. The molecule has 2 atom stereocenters. The lowest BCUT2D eigenvalue weighted by atomic mass is 9.34. The number of aromatic nitrogens is 5. The summed E-state index contributed by atoms with van der Waals surface area (Å²) in [5.41, 5.74) is 1.34. The Morgan fingerprint density at radius 3 is 2.54 bits per heavy atom. The first kappa shape index (κ1) is 24.4. The summed E-state index contributed by atoms with van der Waals surface area (Å²) in [5.74, 6) is 0.468. The largest absolute Gasteiger partial charge is 0.395 e. The zero-order valence-electron chi connectivity index (χ0n) is 20.7. The minimum atomic E-state index is -4.21. The van der Waals surface area contributed by atoms with Crippen LogP contribution in [0.1, 0.15) is 72.6 Å². The van der Waals surface area contributed by atoms with Gasteiger partial charge >= 0.3 is 6.18 Å². The highest BCUT2D eigenvalue weighted by molar-refractivity contribution is 5.75. The maximum Gasteiger partial charge on any atom is 0.394 e. The van der Waals surface area contributed by atoms with Gasteiger partial charge in [0, 0.05) is 36.7 Å². The number of halogens is 3. The number of aliphatic hydroxyl groups is 1. The average Bonchev–Trinajstić information content (AvgIpc) is 2.79. The van der Waals surface area contributed by atoms with Gasteiger partial charge in [-0.25, -0.2) is 19.9 Å². The van der Waals surface area contributed by atoms with E-state index in [4.69, 9.17) is 14.7 Å². The highest BCUT2D eigenvalue weighted by atomic mass is 19.4. The summed E-state index contributed by atoms with van der Waals surface area (Å²) in [4.78, 5) is 31.0. The van der Waals surface area contributed by atoms with Gasteiger partial charge < -0.3 is 14.4 Å². The van der Waals surface area contributed by atoms with E-state index in [-0.39, 0.29) is 50.0 Å². The fourth-order valence-electron chi connectivity index (χ4n) is 6.31. The van der Waals surface area contributed by atoms with Gasteiger partial charge in [0.05, 0.1) is 35.2 Å². The van der Waals surface area contributed by atoms with E-state index >= 15 is 0 Å². The highest BCUT2D eigenvalue weighted by Crippen LogP contribution is 2.78. The Balaban J connectivity index is 1.36. The zero-order valence-corrected chi connectivity index (χ0v) is 20.7. The molecule has 4 heterocycles. The van der Waals surface area contributed by atoms with E-state index in [1.165, 1.54) is 10.6 Å². The van der Waals surface area contributed by atoms with E-state index < -0.39 is 17.0 Å². The smallest absolute Gasteiger partial charge is 0.394 e. The van der Waals surface area contributed by atoms with Gasteiger partial charge in [-0.05, 0) is 57.6 Å². The number of nitrogens with zero attached hydrogens (tertiary/aromatic N) is 5. The number of hydrogen-bond acceptors (Lipinski definition) is 7. The Morgan fingerprint density at radius 2 is 1.84 bits per heavy atom. The molecule has 4 fully saturated rings. The van der Waals surface area contributed by atoms with Crippen molar-refractivity contribution >= 4 is 11.2 Å². The molecular weight excluding hydrogens is 487 g/mol. The zero-order chi connectivity index (χ0) is 26.2. The lowest BCUT2D eigenvalue weighted by molar-refractivity contribution is -0.337. The molecule has 4 aliphatic rings. The van der Waals surface area contributed by atoms with Gasteiger partial charge in [-0.3, -0.25) is 4.79 Å². The van der Waals surface area contributed by atoms with Gasteiger partial charge in [0.2, 0.25) is 0 Å². The fraction of sp³-hybridized carbons (Fsp3) is 0.577. The van der Waals surface area contributed by atoms with Crippen LogP contribution in [0.4, 0.5) is 13.2 Å². The van der Waals surface area contributed by atoms with Crippen molar-refractivity contribution < 1.29 is 23.0 Å². The normalized spacial score (nSPS) is 29.1. The van der Waals surface area contributed by atoms with Crippen LogP contribution in [-0.4, -0.2) is 49.0 Å². The molecule has 3 aromatic rings. The number of hydrogen-bond donors (Lipinski definition) is 1. The van der Waals surface area contributed by atoms with Crippen molar-refractivity contribution in [3.8, 4) is 0 Å². The molecule has 3 aliphatic carbocycles. The Kier molecular flexibility index (Phi) is 5.47. The number of rotatable bonds is 5. The molecule has 37 heavy (non-hydrogen) atoms. The third kappa shape index (κ3) is 3.77. The molecule has 0 radical (unpaired) electrons. The van der Waals surface area contributed by atoms with Crippen molar-refractivity contribution in [1.29, 1.82) is 0 Å². The van der Waals surface area contributed by atoms with Crippen LogP contribution in [0.15, 0.2) is 23.1 Å². The second-order valence-electron chi connectivity index (χ2n) is 10.9. The number of pyridine rings is 1. The van der Waals surface area contributed by atoms with E-state index in [2.05, 4.69) is 9.97 Å². The molecule has 2 bridgehead atoms. The van der Waals surface area contributed by atoms with Crippen molar-refractivity contribution in [2.24, 2.45) is 5.41 Å². The van der Waals surface area contributed by atoms with Crippen molar-refractivity contribution in [1.82, 2.24) is 24.5 Å². The topological polar surface area (TPSA) is 103 Å². The minimum Gasteiger partial charge on any atom is -0.395 e. The van der Waals surface area contributed by atoms with Crippen LogP contribution in [-0.2, 0) is 16.7 Å². The SMILES string of the molecule is Cc1nc2nc(C3CCOC(c4ccc(=O)n(CCO)c4)C3)nc(C34CC(C(F)(F)F)(C3)C4)c2nc1C. The first-order valence-electron chi connectivity index (χ1n) is 12.6. The van der Waals surface area contributed by atoms with Gasteiger partial charge in [0.1, 0.15) is 11.3 Å². The molecule has 0 amide bonds. The third-order valence-electron chi connectivity index (χ3n) is 8.46. The average molecular weight is 516 g/mol. The lowest BCUT2D eigenvalue weighted by Crippen LogP contribution is -2.70. The summed E-state index contributed by atoms with van der Waals surface area (Å²) in [6, 6.07) is 3.19. The predicted octanol–water partition coefficient (Wildman–Crippen LogP) is 3.81. The minimum absolute atomic E-state index is 0.0342. The molecule has 3 saturated carbocycles. The van der Waals surface area contributed by atoms with Crippen molar-refractivity contribution in [2.75, 3.05) is 13.2 Å². The quantitative estimate of drug-likeness (QED) is 0.551. The number of aryl methyl sites for hydroxylation is 2. The third-order valence-corrected chi connectivity index (χ3v) is 8.46. The van der Waals surface area contributed by atoms with Crippen LogP contribution in [0.3, 0.4) is 0 Å². The van der Waals surface area contributed by atoms with E-state index in [0.29, 0.717) is 47.8 Å².